The van der Waals surface area contributed by atoms with Crippen LogP contribution in [0.2, 0.25) is 0 Å². The van der Waals surface area contributed by atoms with E-state index < -0.39 is 5.54 Å². The summed E-state index contributed by atoms with van der Waals surface area (Å²) in [5.41, 5.74) is 4.96. The monoisotopic (exact) mass is 254 g/mol. The molecule has 1 heterocycles. The number of amidine groups is 1. The van der Waals surface area contributed by atoms with Gasteiger partial charge in [-0.05, 0) is 31.6 Å². The molecule has 5 nitrogen and oxygen atoms in total. The molecule has 0 aromatic carbocycles. The molecular formula is C13H26N4O. The number of amides is 2. The molecule has 1 saturated heterocycles. The second kappa shape index (κ2) is 6.07. The van der Waals surface area contributed by atoms with E-state index in [1.165, 1.54) is 0 Å². The average Bonchev–Trinajstić information content (AvgIpc) is 2.36. The first-order valence-corrected chi connectivity index (χ1v) is 6.86. The smallest absolute Gasteiger partial charge is 0.318 e. The summed E-state index contributed by atoms with van der Waals surface area (Å²) in [7, 11) is 0. The minimum Gasteiger partial charge on any atom is -0.386 e. The average molecular weight is 254 g/mol. The zero-order valence-electron chi connectivity index (χ0n) is 11.8. The van der Waals surface area contributed by atoms with Crippen molar-refractivity contribution in [2.24, 2.45) is 11.7 Å². The summed E-state index contributed by atoms with van der Waals surface area (Å²) in [6.07, 6.45) is 3.40. The van der Waals surface area contributed by atoms with Gasteiger partial charge in [-0.25, -0.2) is 4.79 Å². The molecule has 2 amide bonds. The lowest BCUT2D eigenvalue weighted by molar-refractivity contribution is 0.166. The van der Waals surface area contributed by atoms with Crippen molar-refractivity contribution in [2.75, 3.05) is 13.1 Å². The number of carbonyl (C=O) groups excluding carboxylic acids is 1. The molecule has 0 atom stereocenters. The van der Waals surface area contributed by atoms with Crippen molar-refractivity contribution in [1.29, 1.82) is 5.41 Å². The van der Waals surface area contributed by atoms with E-state index in [1.54, 1.807) is 0 Å². The number of nitrogens with one attached hydrogen (secondary N) is 2. The van der Waals surface area contributed by atoms with Crippen LogP contribution in [0.5, 0.6) is 0 Å². The molecule has 4 N–H and O–H groups in total. The summed E-state index contributed by atoms with van der Waals surface area (Å²) in [6, 6.07) is -0.0826. The van der Waals surface area contributed by atoms with Gasteiger partial charge in [-0.2, -0.15) is 0 Å². The lowest BCUT2D eigenvalue weighted by Crippen LogP contribution is -2.60. The Morgan fingerprint density at radius 3 is 2.28 bits per heavy atom. The lowest BCUT2D eigenvalue weighted by Gasteiger charge is -2.36. The van der Waals surface area contributed by atoms with Crippen molar-refractivity contribution in [2.45, 2.75) is 52.0 Å². The number of hydrogen-bond donors (Lipinski definition) is 3. The van der Waals surface area contributed by atoms with E-state index >= 15 is 0 Å². The number of urea groups is 1. The van der Waals surface area contributed by atoms with Crippen LogP contribution >= 0.6 is 0 Å². The molecule has 5 heteroatoms. The molecule has 0 aromatic rings. The van der Waals surface area contributed by atoms with Crippen molar-refractivity contribution in [3.05, 3.63) is 0 Å². The third-order valence-electron chi connectivity index (χ3n) is 4.14. The molecule has 0 bridgehead atoms. The molecule has 0 aromatic heterocycles. The van der Waals surface area contributed by atoms with E-state index in [0.717, 1.165) is 25.9 Å². The lowest BCUT2D eigenvalue weighted by atomic mass is 9.91. The summed E-state index contributed by atoms with van der Waals surface area (Å²) in [5, 5.41) is 10.6. The number of carbonyl (C=O) groups is 1. The summed E-state index contributed by atoms with van der Waals surface area (Å²) >= 11 is 0. The highest BCUT2D eigenvalue weighted by molar-refractivity contribution is 5.91. The predicted molar refractivity (Wildman–Crippen MR) is 73.7 cm³/mol. The summed E-state index contributed by atoms with van der Waals surface area (Å²) in [6.45, 7) is 7.71. The Labute approximate surface area is 110 Å². The molecular weight excluding hydrogens is 228 g/mol. The number of piperidine rings is 1. The van der Waals surface area contributed by atoms with Gasteiger partial charge in [0, 0.05) is 13.1 Å². The minimum absolute atomic E-state index is 0.0474. The molecule has 0 spiro atoms. The fourth-order valence-electron chi connectivity index (χ4n) is 2.37. The van der Waals surface area contributed by atoms with Crippen LogP contribution in [0.3, 0.4) is 0 Å². The van der Waals surface area contributed by atoms with Crippen molar-refractivity contribution >= 4 is 11.9 Å². The van der Waals surface area contributed by atoms with Gasteiger partial charge in [0.2, 0.25) is 0 Å². The van der Waals surface area contributed by atoms with Gasteiger partial charge in [-0.3, -0.25) is 5.41 Å². The minimum atomic E-state index is -0.680. The third kappa shape index (κ3) is 3.15. The number of rotatable bonds is 4. The molecule has 0 unspecified atom stereocenters. The topological polar surface area (TPSA) is 82.2 Å². The highest BCUT2D eigenvalue weighted by Crippen LogP contribution is 2.19. The largest absolute Gasteiger partial charge is 0.386 e. The van der Waals surface area contributed by atoms with E-state index in [4.69, 9.17) is 11.1 Å². The molecule has 1 aliphatic heterocycles. The number of nitrogens with zero attached hydrogens (tertiary/aromatic N) is 1. The first-order valence-electron chi connectivity index (χ1n) is 6.86. The van der Waals surface area contributed by atoms with Gasteiger partial charge in [-0.15, -0.1) is 0 Å². The van der Waals surface area contributed by atoms with Crippen LogP contribution in [0.15, 0.2) is 0 Å². The van der Waals surface area contributed by atoms with E-state index in [9.17, 15) is 4.79 Å². The van der Waals surface area contributed by atoms with Crippen molar-refractivity contribution in [3.63, 3.8) is 0 Å². The number of nitrogens with two attached hydrogens (primary N) is 1. The van der Waals surface area contributed by atoms with Crippen LogP contribution in [-0.4, -0.2) is 35.4 Å². The van der Waals surface area contributed by atoms with Crippen LogP contribution in [-0.2, 0) is 0 Å². The Balaban J connectivity index is 2.64. The number of likely N-dealkylation sites (tertiary alicyclic amines) is 1. The molecule has 104 valence electrons. The van der Waals surface area contributed by atoms with Crippen LogP contribution in [0.25, 0.3) is 0 Å². The maximum Gasteiger partial charge on any atom is 0.318 e. The fraction of sp³-hybridized carbons (Fsp3) is 0.846. The Hall–Kier alpha value is -1.26. The second-order valence-corrected chi connectivity index (χ2v) is 5.30. The maximum absolute atomic E-state index is 12.2. The summed E-state index contributed by atoms with van der Waals surface area (Å²) < 4.78 is 0. The zero-order chi connectivity index (χ0) is 13.8. The van der Waals surface area contributed by atoms with Crippen LogP contribution < -0.4 is 11.1 Å². The summed E-state index contributed by atoms with van der Waals surface area (Å²) in [4.78, 5) is 14.0. The molecule has 0 aliphatic carbocycles. The number of hydrogen-bond acceptors (Lipinski definition) is 2. The normalized spacial score (nSPS) is 17.6. The van der Waals surface area contributed by atoms with Crippen LogP contribution in [0, 0.1) is 11.3 Å². The highest BCUT2D eigenvalue weighted by Gasteiger charge is 2.33. The highest BCUT2D eigenvalue weighted by atomic mass is 16.2. The Bertz CT molecular complexity index is 304. The molecule has 1 rings (SSSR count). The maximum atomic E-state index is 12.2. The van der Waals surface area contributed by atoms with E-state index in [1.807, 2.05) is 18.7 Å². The fourth-order valence-corrected chi connectivity index (χ4v) is 2.37. The second-order valence-electron chi connectivity index (χ2n) is 5.30. The zero-order valence-corrected chi connectivity index (χ0v) is 11.8. The van der Waals surface area contributed by atoms with E-state index in [-0.39, 0.29) is 11.9 Å². The van der Waals surface area contributed by atoms with Gasteiger partial charge in [-0.1, -0.05) is 20.8 Å². The van der Waals surface area contributed by atoms with Crippen molar-refractivity contribution in [3.8, 4) is 0 Å². The SMILES string of the molecule is CCC(CC)(NC(=O)N1CCC(C)CC1)C(=N)N. The van der Waals surface area contributed by atoms with Crippen LogP contribution in [0.1, 0.15) is 46.5 Å². The molecule has 0 saturated carbocycles. The van der Waals surface area contributed by atoms with E-state index in [0.29, 0.717) is 18.8 Å². The first-order chi connectivity index (χ1) is 8.45. The van der Waals surface area contributed by atoms with Crippen molar-refractivity contribution < 1.29 is 4.79 Å². The molecule has 1 aliphatic rings. The van der Waals surface area contributed by atoms with Crippen LogP contribution in [0.4, 0.5) is 4.79 Å². The first kappa shape index (κ1) is 14.8. The van der Waals surface area contributed by atoms with E-state index in [2.05, 4.69) is 12.2 Å². The third-order valence-corrected chi connectivity index (χ3v) is 4.14. The standard InChI is InChI=1S/C13H26N4O/c1-4-13(5-2,11(14)15)16-12(18)17-8-6-10(3)7-9-17/h10H,4-9H2,1-3H3,(H3,14,15)(H,16,18). The summed E-state index contributed by atoms with van der Waals surface area (Å²) in [5.74, 6) is 0.746. The molecule has 0 radical (unpaired) electrons. The molecule has 1 fully saturated rings. The Morgan fingerprint density at radius 2 is 1.89 bits per heavy atom. The Morgan fingerprint density at radius 1 is 1.39 bits per heavy atom. The van der Waals surface area contributed by atoms with Gasteiger partial charge < -0.3 is 16.0 Å². The predicted octanol–water partition coefficient (Wildman–Crippen LogP) is 1.92. The van der Waals surface area contributed by atoms with Gasteiger partial charge in [0.25, 0.3) is 0 Å². The van der Waals surface area contributed by atoms with Gasteiger partial charge in [0.1, 0.15) is 5.84 Å². The van der Waals surface area contributed by atoms with Gasteiger partial charge in [0.15, 0.2) is 0 Å². The van der Waals surface area contributed by atoms with Gasteiger partial charge in [0.05, 0.1) is 5.54 Å². The van der Waals surface area contributed by atoms with Gasteiger partial charge >= 0.3 is 6.03 Å². The molecule has 18 heavy (non-hydrogen) atoms. The Kier molecular flexibility index (Phi) is 4.99. The van der Waals surface area contributed by atoms with Crippen molar-refractivity contribution in [1.82, 2.24) is 10.2 Å². The quantitative estimate of drug-likeness (QED) is 0.529.